The third-order valence-electron chi connectivity index (χ3n) is 4.38. The molecule has 0 unspecified atom stereocenters. The number of carbonyl (C=O) groups is 1. The summed E-state index contributed by atoms with van der Waals surface area (Å²) in [6, 6.07) is 21.1. The van der Waals surface area contributed by atoms with E-state index in [0.29, 0.717) is 18.1 Å². The van der Waals surface area contributed by atoms with Gasteiger partial charge in [-0.15, -0.1) is 0 Å². The van der Waals surface area contributed by atoms with Gasteiger partial charge in [0.1, 0.15) is 0 Å². The molecule has 2 aromatic carbocycles. The smallest absolute Gasteiger partial charge is 0.257 e. The van der Waals surface area contributed by atoms with Crippen LogP contribution in [0.4, 0.5) is 5.69 Å². The monoisotopic (exact) mass is 372 g/mol. The van der Waals surface area contributed by atoms with Gasteiger partial charge in [-0.1, -0.05) is 43.3 Å². The summed E-state index contributed by atoms with van der Waals surface area (Å²) in [5, 5.41) is 6.12. The lowest BCUT2D eigenvalue weighted by Gasteiger charge is -2.13. The molecule has 3 rings (SSSR count). The van der Waals surface area contributed by atoms with Gasteiger partial charge in [-0.25, -0.2) is 4.99 Å². The fraction of sp³-hybridized carbons (Fsp3) is 0.174. The van der Waals surface area contributed by atoms with Gasteiger partial charge in [0.15, 0.2) is 0 Å². The van der Waals surface area contributed by atoms with Crippen LogP contribution in [0.15, 0.2) is 77.9 Å². The van der Waals surface area contributed by atoms with Crippen LogP contribution in [0.5, 0.6) is 0 Å². The molecule has 0 aliphatic carbocycles. The number of rotatable bonds is 5. The number of aromatic nitrogens is 1. The number of aryl methyl sites for hydroxylation is 2. The highest BCUT2D eigenvalue weighted by molar-refractivity contribution is 6.10. The summed E-state index contributed by atoms with van der Waals surface area (Å²) >= 11 is 0. The molecule has 0 bridgehead atoms. The molecule has 28 heavy (non-hydrogen) atoms. The first-order valence-electron chi connectivity index (χ1n) is 9.33. The van der Waals surface area contributed by atoms with Crippen molar-refractivity contribution in [3.63, 3.8) is 0 Å². The number of hydrogen-bond acceptors (Lipinski definition) is 3. The second-order valence-corrected chi connectivity index (χ2v) is 6.43. The third kappa shape index (κ3) is 5.27. The van der Waals surface area contributed by atoms with E-state index in [1.54, 1.807) is 6.20 Å². The largest absolute Gasteiger partial charge is 0.326 e. The molecule has 5 nitrogen and oxygen atoms in total. The number of pyridine rings is 1. The molecule has 1 heterocycles. The van der Waals surface area contributed by atoms with Gasteiger partial charge in [0, 0.05) is 17.4 Å². The molecule has 3 aromatic rings. The first kappa shape index (κ1) is 19.3. The van der Waals surface area contributed by atoms with Gasteiger partial charge in [0.25, 0.3) is 5.91 Å². The fourth-order valence-corrected chi connectivity index (χ4v) is 2.67. The zero-order chi connectivity index (χ0) is 19.8. The average Bonchev–Trinajstić information content (AvgIpc) is 2.74. The Kier molecular flexibility index (Phi) is 6.52. The third-order valence-corrected chi connectivity index (χ3v) is 4.38. The minimum atomic E-state index is -0.205. The van der Waals surface area contributed by atoms with Crippen molar-refractivity contribution >= 4 is 17.6 Å². The molecular weight excluding hydrogens is 348 g/mol. The molecule has 0 fully saturated rings. The van der Waals surface area contributed by atoms with E-state index in [1.807, 2.05) is 73.7 Å². The molecule has 1 aromatic heterocycles. The van der Waals surface area contributed by atoms with Gasteiger partial charge in [-0.2, -0.15) is 0 Å². The summed E-state index contributed by atoms with van der Waals surface area (Å²) in [5.41, 5.74) is 4.57. The van der Waals surface area contributed by atoms with E-state index in [2.05, 4.69) is 27.5 Å². The number of para-hydroxylation sites is 1. The van der Waals surface area contributed by atoms with E-state index in [9.17, 15) is 4.79 Å². The number of benzene rings is 2. The van der Waals surface area contributed by atoms with E-state index in [-0.39, 0.29) is 5.91 Å². The van der Waals surface area contributed by atoms with Gasteiger partial charge < -0.3 is 5.32 Å². The van der Waals surface area contributed by atoms with E-state index in [1.165, 1.54) is 5.56 Å². The van der Waals surface area contributed by atoms with Crippen LogP contribution in [-0.4, -0.2) is 16.9 Å². The molecule has 5 heteroatoms. The van der Waals surface area contributed by atoms with Crippen LogP contribution >= 0.6 is 0 Å². The highest BCUT2D eigenvalue weighted by Crippen LogP contribution is 2.13. The van der Waals surface area contributed by atoms with Crippen LogP contribution in [0.25, 0.3) is 0 Å². The van der Waals surface area contributed by atoms with Crippen molar-refractivity contribution in [3.8, 4) is 0 Å². The van der Waals surface area contributed by atoms with Crippen molar-refractivity contribution in [1.82, 2.24) is 10.3 Å². The van der Waals surface area contributed by atoms with E-state index < -0.39 is 0 Å². The van der Waals surface area contributed by atoms with Crippen LogP contribution in [0.1, 0.15) is 34.1 Å². The SMILES string of the molecule is CCc1ccc(C(=O)NC(=NCc2ccccn2)Nc2ccccc2C)cc1. The summed E-state index contributed by atoms with van der Waals surface area (Å²) in [5.74, 6) is 0.188. The number of anilines is 1. The first-order valence-corrected chi connectivity index (χ1v) is 9.33. The summed E-state index contributed by atoms with van der Waals surface area (Å²) in [4.78, 5) is 21.5. The average molecular weight is 372 g/mol. The van der Waals surface area contributed by atoms with Crippen molar-refractivity contribution in [1.29, 1.82) is 0 Å². The topological polar surface area (TPSA) is 66.4 Å². The van der Waals surface area contributed by atoms with E-state index in [0.717, 1.165) is 23.4 Å². The number of hydrogen-bond donors (Lipinski definition) is 2. The van der Waals surface area contributed by atoms with Gasteiger partial charge in [-0.05, 0) is 54.8 Å². The quantitative estimate of drug-likeness (QED) is 0.517. The Balaban J connectivity index is 1.80. The van der Waals surface area contributed by atoms with Gasteiger partial charge in [0.05, 0.1) is 12.2 Å². The number of nitrogens with zero attached hydrogens (tertiary/aromatic N) is 2. The van der Waals surface area contributed by atoms with Crippen LogP contribution in [0, 0.1) is 6.92 Å². The normalized spacial score (nSPS) is 11.1. The Morgan fingerprint density at radius 1 is 1.00 bits per heavy atom. The zero-order valence-electron chi connectivity index (χ0n) is 16.1. The Bertz CT molecular complexity index is 950. The van der Waals surface area contributed by atoms with E-state index >= 15 is 0 Å². The molecule has 142 valence electrons. The fourth-order valence-electron chi connectivity index (χ4n) is 2.67. The van der Waals surface area contributed by atoms with Crippen molar-refractivity contribution < 1.29 is 4.79 Å². The maximum atomic E-state index is 12.7. The number of nitrogens with one attached hydrogen (secondary N) is 2. The zero-order valence-corrected chi connectivity index (χ0v) is 16.1. The van der Waals surface area contributed by atoms with Crippen LogP contribution in [-0.2, 0) is 13.0 Å². The molecule has 0 saturated heterocycles. The van der Waals surface area contributed by atoms with Crippen LogP contribution in [0.2, 0.25) is 0 Å². The molecular formula is C23H24N4O. The highest BCUT2D eigenvalue weighted by atomic mass is 16.1. The lowest BCUT2D eigenvalue weighted by molar-refractivity contribution is 0.0977. The predicted molar refractivity (Wildman–Crippen MR) is 113 cm³/mol. The lowest BCUT2D eigenvalue weighted by Crippen LogP contribution is -2.36. The molecule has 0 atom stereocenters. The second-order valence-electron chi connectivity index (χ2n) is 6.43. The Morgan fingerprint density at radius 3 is 2.43 bits per heavy atom. The molecule has 1 amide bonds. The number of carbonyl (C=O) groups excluding carboxylic acids is 1. The Morgan fingerprint density at radius 2 is 1.75 bits per heavy atom. The summed E-state index contributed by atoms with van der Waals surface area (Å²) in [6.07, 6.45) is 2.67. The molecule has 0 spiro atoms. The summed E-state index contributed by atoms with van der Waals surface area (Å²) < 4.78 is 0. The molecule has 0 radical (unpaired) electrons. The van der Waals surface area contributed by atoms with E-state index in [4.69, 9.17) is 0 Å². The standard InChI is InChI=1S/C23H24N4O/c1-3-18-11-13-19(14-12-18)22(28)27-23(25-16-20-9-6-7-15-24-20)26-21-10-5-4-8-17(21)2/h4-15H,3,16H2,1-2H3,(H2,25,26,27,28). The minimum Gasteiger partial charge on any atom is -0.326 e. The lowest BCUT2D eigenvalue weighted by atomic mass is 10.1. The first-order chi connectivity index (χ1) is 13.7. The number of amides is 1. The predicted octanol–water partition coefficient (Wildman–Crippen LogP) is 4.35. The molecule has 0 saturated carbocycles. The maximum absolute atomic E-state index is 12.7. The van der Waals surface area contributed by atoms with Gasteiger partial charge in [0.2, 0.25) is 5.96 Å². The van der Waals surface area contributed by atoms with Gasteiger partial charge in [-0.3, -0.25) is 15.1 Å². The van der Waals surface area contributed by atoms with Crippen molar-refractivity contribution in [2.45, 2.75) is 26.8 Å². The van der Waals surface area contributed by atoms with Crippen molar-refractivity contribution in [2.75, 3.05) is 5.32 Å². The molecule has 0 aliphatic heterocycles. The van der Waals surface area contributed by atoms with Crippen molar-refractivity contribution in [3.05, 3.63) is 95.3 Å². The number of guanidine groups is 1. The van der Waals surface area contributed by atoms with Crippen molar-refractivity contribution in [2.24, 2.45) is 4.99 Å². The summed E-state index contributed by atoms with van der Waals surface area (Å²) in [7, 11) is 0. The van der Waals surface area contributed by atoms with Gasteiger partial charge >= 0.3 is 0 Å². The Hall–Kier alpha value is -3.47. The minimum absolute atomic E-state index is 0.205. The highest BCUT2D eigenvalue weighted by Gasteiger charge is 2.10. The van der Waals surface area contributed by atoms with Crippen LogP contribution in [0.3, 0.4) is 0 Å². The Labute approximate surface area is 165 Å². The number of aliphatic imine (C=N–C) groups is 1. The maximum Gasteiger partial charge on any atom is 0.257 e. The molecule has 0 aliphatic rings. The summed E-state index contributed by atoms with van der Waals surface area (Å²) in [6.45, 7) is 4.46. The molecule has 2 N–H and O–H groups in total. The van der Waals surface area contributed by atoms with Crippen LogP contribution < -0.4 is 10.6 Å². The second kappa shape index (κ2) is 9.46.